The normalized spacial score (nSPS) is 18.5. The van der Waals surface area contributed by atoms with Crippen molar-refractivity contribution in [2.24, 2.45) is 11.8 Å². The second-order valence-corrected chi connectivity index (χ2v) is 10.5. The summed E-state index contributed by atoms with van der Waals surface area (Å²) >= 11 is 1.70. The van der Waals surface area contributed by atoms with E-state index in [0.29, 0.717) is 24.1 Å². The summed E-state index contributed by atoms with van der Waals surface area (Å²) in [5, 5.41) is 0. The van der Waals surface area contributed by atoms with E-state index in [1.54, 1.807) is 22.6 Å². The molecule has 0 saturated heterocycles. The highest BCUT2D eigenvalue weighted by Crippen LogP contribution is 2.40. The van der Waals surface area contributed by atoms with E-state index in [1.165, 1.54) is 13.3 Å². The summed E-state index contributed by atoms with van der Waals surface area (Å²) in [6, 6.07) is 3.03. The number of rotatable bonds is 7. The predicted molar refractivity (Wildman–Crippen MR) is 133 cm³/mol. The Morgan fingerprint density at radius 3 is 2.43 bits per heavy atom. The number of anilines is 1. The van der Waals surface area contributed by atoms with E-state index < -0.39 is 35.2 Å². The molecule has 0 N–H and O–H groups in total. The smallest absolute Gasteiger partial charge is 0.421 e. The van der Waals surface area contributed by atoms with Crippen LogP contribution in [0.15, 0.2) is 24.4 Å². The van der Waals surface area contributed by atoms with Gasteiger partial charge in [0.15, 0.2) is 11.6 Å². The number of hydrogen-bond donors (Lipinski definition) is 0. The molecule has 0 atom stereocenters. The van der Waals surface area contributed by atoms with Crippen molar-refractivity contribution in [3.8, 4) is 11.6 Å². The average molecular weight is 608 g/mol. The Balaban J connectivity index is 2.01. The number of alkyl halides is 3. The van der Waals surface area contributed by atoms with Crippen LogP contribution >= 0.6 is 22.6 Å². The van der Waals surface area contributed by atoms with Crippen LogP contribution in [-0.4, -0.2) is 30.6 Å². The fraction of sp³-hybridized carbons (Fsp3) is 0.520. The quantitative estimate of drug-likeness (QED) is 0.186. The molecule has 1 heterocycles. The van der Waals surface area contributed by atoms with Crippen molar-refractivity contribution in [1.82, 2.24) is 4.98 Å². The highest BCUT2D eigenvalue weighted by atomic mass is 127. The molecule has 0 aliphatic heterocycles. The zero-order valence-corrected chi connectivity index (χ0v) is 22.2. The summed E-state index contributed by atoms with van der Waals surface area (Å²) in [5.74, 6) is -1.90. The second-order valence-electron chi connectivity index (χ2n) is 9.27. The van der Waals surface area contributed by atoms with Gasteiger partial charge < -0.3 is 14.4 Å². The molecule has 2 aromatic rings. The third kappa shape index (κ3) is 6.77. The molecule has 1 aromatic carbocycles. The van der Waals surface area contributed by atoms with E-state index in [9.17, 15) is 18.0 Å². The molecule has 0 unspecified atom stereocenters. The molecule has 1 aliphatic rings. The lowest BCUT2D eigenvalue weighted by Crippen LogP contribution is -2.37. The van der Waals surface area contributed by atoms with Gasteiger partial charge in [-0.1, -0.05) is 19.8 Å². The van der Waals surface area contributed by atoms with Crippen LogP contribution in [0.3, 0.4) is 0 Å². The summed E-state index contributed by atoms with van der Waals surface area (Å²) < 4.78 is 66.2. The molecule has 1 aliphatic carbocycles. The van der Waals surface area contributed by atoms with Crippen LogP contribution in [0.4, 0.5) is 23.2 Å². The Kier molecular flexibility index (Phi) is 8.87. The van der Waals surface area contributed by atoms with Crippen LogP contribution in [-0.2, 0) is 10.9 Å². The van der Waals surface area contributed by atoms with E-state index in [4.69, 9.17) is 9.47 Å². The van der Waals surface area contributed by atoms with Gasteiger partial charge in [0.25, 0.3) is 0 Å². The molecule has 35 heavy (non-hydrogen) atoms. The number of carbonyl (C=O) groups is 1. The zero-order valence-electron chi connectivity index (χ0n) is 20.1. The lowest BCUT2D eigenvalue weighted by Gasteiger charge is -2.36. The van der Waals surface area contributed by atoms with Crippen molar-refractivity contribution >= 4 is 34.2 Å². The summed E-state index contributed by atoms with van der Waals surface area (Å²) in [6.45, 7) is 6.75. The maximum atomic E-state index is 15.2. The van der Waals surface area contributed by atoms with Crippen molar-refractivity contribution in [3.63, 3.8) is 0 Å². The summed E-state index contributed by atoms with van der Waals surface area (Å²) in [7, 11) is 1.20. The molecule has 1 aromatic heterocycles. The first kappa shape index (κ1) is 27.5. The lowest BCUT2D eigenvalue weighted by atomic mass is 9.82. The number of halogens is 5. The topological polar surface area (TPSA) is 51.7 Å². The molecule has 1 saturated carbocycles. The fourth-order valence-electron chi connectivity index (χ4n) is 4.32. The standard InChI is InChI=1S/C25H29F4IN2O3/c1-14(2)32(13-16-7-5-15(3)6-8-16)21-11-20(26)22(10-18(21)24(33)34-4)35-23-19(25(27,28)29)9-17(30)12-31-23/h9-12,14-16H,5-8,13H2,1-4H3. The fourth-order valence-corrected chi connectivity index (χ4v) is 4.78. The molecule has 0 spiro atoms. The summed E-state index contributed by atoms with van der Waals surface area (Å²) in [5.41, 5.74) is -0.800. The lowest BCUT2D eigenvalue weighted by molar-refractivity contribution is -0.139. The molecule has 1 fully saturated rings. The monoisotopic (exact) mass is 608 g/mol. The van der Waals surface area contributed by atoms with Gasteiger partial charge in [-0.05, 0) is 67.2 Å². The third-order valence-electron chi connectivity index (χ3n) is 6.31. The number of methoxy groups -OCH3 is 1. The number of ether oxygens (including phenoxy) is 2. The summed E-state index contributed by atoms with van der Waals surface area (Å²) in [6.07, 6.45) is 0.750. The highest BCUT2D eigenvalue weighted by Gasteiger charge is 2.36. The van der Waals surface area contributed by atoms with E-state index in [0.717, 1.165) is 43.9 Å². The van der Waals surface area contributed by atoms with Crippen molar-refractivity contribution in [1.29, 1.82) is 0 Å². The van der Waals surface area contributed by atoms with E-state index in [1.807, 2.05) is 18.7 Å². The van der Waals surface area contributed by atoms with Crippen LogP contribution in [0, 0.1) is 21.2 Å². The van der Waals surface area contributed by atoms with E-state index in [-0.39, 0.29) is 15.2 Å². The van der Waals surface area contributed by atoms with E-state index in [2.05, 4.69) is 11.9 Å². The van der Waals surface area contributed by atoms with Gasteiger partial charge in [0, 0.05) is 34.5 Å². The van der Waals surface area contributed by atoms with Crippen LogP contribution < -0.4 is 9.64 Å². The average Bonchev–Trinajstić information content (AvgIpc) is 2.79. The number of nitrogens with zero attached hydrogens (tertiary/aromatic N) is 2. The van der Waals surface area contributed by atoms with Crippen LogP contribution in [0.5, 0.6) is 11.6 Å². The maximum absolute atomic E-state index is 15.2. The first-order valence-electron chi connectivity index (χ1n) is 11.5. The minimum atomic E-state index is -4.75. The first-order valence-corrected chi connectivity index (χ1v) is 12.6. The minimum absolute atomic E-state index is 0.0147. The van der Waals surface area contributed by atoms with Crippen molar-refractivity contribution < 1.29 is 31.8 Å². The number of pyridine rings is 1. The molecular formula is C25H29F4IN2O3. The summed E-state index contributed by atoms with van der Waals surface area (Å²) in [4.78, 5) is 18.3. The van der Waals surface area contributed by atoms with Gasteiger partial charge in [0.05, 0.1) is 18.4 Å². The second kappa shape index (κ2) is 11.3. The minimum Gasteiger partial charge on any atom is -0.465 e. The van der Waals surface area contributed by atoms with Crippen LogP contribution in [0.1, 0.15) is 62.4 Å². The Bertz CT molecular complexity index is 1050. The largest absolute Gasteiger partial charge is 0.465 e. The number of esters is 1. The zero-order chi connectivity index (χ0) is 25.9. The Hall–Kier alpha value is -2.11. The van der Waals surface area contributed by atoms with Crippen molar-refractivity contribution in [2.45, 2.75) is 58.7 Å². The van der Waals surface area contributed by atoms with Gasteiger partial charge in [-0.3, -0.25) is 0 Å². The Morgan fingerprint density at radius 1 is 1.20 bits per heavy atom. The number of hydrogen-bond acceptors (Lipinski definition) is 5. The Morgan fingerprint density at radius 2 is 1.86 bits per heavy atom. The molecule has 10 heteroatoms. The molecular weight excluding hydrogens is 579 g/mol. The van der Waals surface area contributed by atoms with E-state index >= 15 is 4.39 Å². The molecule has 0 amide bonds. The van der Waals surface area contributed by atoms with Gasteiger partial charge in [0.1, 0.15) is 5.56 Å². The number of aromatic nitrogens is 1. The van der Waals surface area contributed by atoms with Crippen molar-refractivity contribution in [2.75, 3.05) is 18.6 Å². The molecule has 5 nitrogen and oxygen atoms in total. The highest BCUT2D eigenvalue weighted by molar-refractivity contribution is 14.1. The molecule has 3 rings (SSSR count). The van der Waals surface area contributed by atoms with Crippen LogP contribution in [0.2, 0.25) is 0 Å². The van der Waals surface area contributed by atoms with Gasteiger partial charge in [-0.2, -0.15) is 13.2 Å². The number of benzene rings is 1. The number of carbonyl (C=O) groups excluding carboxylic acids is 1. The third-order valence-corrected chi connectivity index (χ3v) is 6.90. The SMILES string of the molecule is COC(=O)c1cc(Oc2ncc(I)cc2C(F)(F)F)c(F)cc1N(CC1CCC(C)CC1)C(C)C. The van der Waals surface area contributed by atoms with Gasteiger partial charge in [-0.25, -0.2) is 14.2 Å². The Labute approximate surface area is 216 Å². The van der Waals surface area contributed by atoms with Crippen molar-refractivity contribution in [3.05, 3.63) is 44.9 Å². The maximum Gasteiger partial charge on any atom is 0.421 e. The first-order chi connectivity index (χ1) is 16.4. The van der Waals surface area contributed by atoms with Gasteiger partial charge in [0.2, 0.25) is 5.88 Å². The van der Waals surface area contributed by atoms with Gasteiger partial charge >= 0.3 is 12.1 Å². The molecule has 0 bridgehead atoms. The van der Waals surface area contributed by atoms with Gasteiger partial charge in [-0.15, -0.1) is 0 Å². The predicted octanol–water partition coefficient (Wildman–Crippen LogP) is 7.46. The van der Waals surface area contributed by atoms with Crippen LogP contribution in [0.25, 0.3) is 0 Å². The molecule has 0 radical (unpaired) electrons. The molecule has 192 valence electrons.